The van der Waals surface area contributed by atoms with Gasteiger partial charge in [-0.25, -0.2) is 0 Å². The maximum atomic E-state index is 5.71. The van der Waals surface area contributed by atoms with Crippen LogP contribution in [0.3, 0.4) is 0 Å². The van der Waals surface area contributed by atoms with Crippen LogP contribution in [-0.4, -0.2) is 40.8 Å². The van der Waals surface area contributed by atoms with Crippen LogP contribution >= 0.6 is 11.8 Å². The summed E-state index contributed by atoms with van der Waals surface area (Å²) in [5, 5.41) is 7.75. The first kappa shape index (κ1) is 14.4. The van der Waals surface area contributed by atoms with Crippen molar-refractivity contribution in [1.82, 2.24) is 15.5 Å². The summed E-state index contributed by atoms with van der Waals surface area (Å²) < 4.78 is 11.2. The predicted octanol–water partition coefficient (Wildman–Crippen LogP) is 2.51. The highest BCUT2D eigenvalue weighted by Crippen LogP contribution is 2.34. The quantitative estimate of drug-likeness (QED) is 0.901. The number of nitrogens with zero attached hydrogens (tertiary/aromatic N) is 2. The molecule has 2 heterocycles. The highest BCUT2D eigenvalue weighted by molar-refractivity contribution is 7.99. The first-order chi connectivity index (χ1) is 9.88. The van der Waals surface area contributed by atoms with Gasteiger partial charge in [-0.05, 0) is 25.8 Å². The van der Waals surface area contributed by atoms with Crippen LogP contribution in [0.25, 0.3) is 0 Å². The molecule has 20 heavy (non-hydrogen) atoms. The van der Waals surface area contributed by atoms with E-state index < -0.39 is 0 Å². The molecule has 2 fully saturated rings. The summed E-state index contributed by atoms with van der Waals surface area (Å²) in [7, 11) is 0. The van der Waals surface area contributed by atoms with Crippen molar-refractivity contribution in [3.8, 4) is 0 Å². The van der Waals surface area contributed by atoms with Crippen molar-refractivity contribution < 1.29 is 9.26 Å². The van der Waals surface area contributed by atoms with E-state index >= 15 is 0 Å². The summed E-state index contributed by atoms with van der Waals surface area (Å²) in [6, 6.07) is 0.491. The monoisotopic (exact) mass is 297 g/mol. The fraction of sp³-hybridized carbons (Fsp3) is 0.857. The van der Waals surface area contributed by atoms with E-state index in [9.17, 15) is 0 Å². The van der Waals surface area contributed by atoms with E-state index in [1.54, 1.807) is 0 Å². The molecule has 3 unspecified atom stereocenters. The van der Waals surface area contributed by atoms with Crippen molar-refractivity contribution in [1.29, 1.82) is 0 Å². The molecule has 5 nitrogen and oxygen atoms in total. The van der Waals surface area contributed by atoms with Crippen LogP contribution in [-0.2, 0) is 4.74 Å². The second-order valence-corrected chi connectivity index (χ2v) is 6.67. The highest BCUT2D eigenvalue weighted by atomic mass is 32.2. The van der Waals surface area contributed by atoms with Gasteiger partial charge < -0.3 is 14.6 Å². The SMILES string of the molecule is CCCNC1CCCC1c1nc(C2CSCCO2)no1. The number of ether oxygens (including phenoxy) is 1. The van der Waals surface area contributed by atoms with Crippen molar-refractivity contribution in [2.24, 2.45) is 0 Å². The zero-order valence-electron chi connectivity index (χ0n) is 12.0. The zero-order chi connectivity index (χ0) is 13.8. The highest BCUT2D eigenvalue weighted by Gasteiger charge is 2.33. The van der Waals surface area contributed by atoms with Crippen LogP contribution in [0.1, 0.15) is 56.3 Å². The molecule has 0 amide bonds. The van der Waals surface area contributed by atoms with Gasteiger partial charge in [0.05, 0.1) is 12.5 Å². The predicted molar refractivity (Wildman–Crippen MR) is 79.0 cm³/mol. The van der Waals surface area contributed by atoms with Crippen molar-refractivity contribution in [3.63, 3.8) is 0 Å². The lowest BCUT2D eigenvalue weighted by atomic mass is 10.0. The Morgan fingerprint density at radius 1 is 1.40 bits per heavy atom. The van der Waals surface area contributed by atoms with Gasteiger partial charge in [0.25, 0.3) is 0 Å². The van der Waals surface area contributed by atoms with Crippen molar-refractivity contribution in [3.05, 3.63) is 11.7 Å². The molecule has 112 valence electrons. The van der Waals surface area contributed by atoms with Gasteiger partial charge in [0.15, 0.2) is 0 Å². The average Bonchev–Trinajstić information content (AvgIpc) is 3.14. The smallest absolute Gasteiger partial charge is 0.231 e. The van der Waals surface area contributed by atoms with Crippen molar-refractivity contribution >= 4 is 11.8 Å². The third-order valence-electron chi connectivity index (χ3n) is 4.05. The number of rotatable bonds is 5. The van der Waals surface area contributed by atoms with Gasteiger partial charge in [-0.1, -0.05) is 18.5 Å². The van der Waals surface area contributed by atoms with Crippen LogP contribution in [0.5, 0.6) is 0 Å². The minimum Gasteiger partial charge on any atom is -0.368 e. The summed E-state index contributed by atoms with van der Waals surface area (Å²) in [5.41, 5.74) is 0. The minimum atomic E-state index is 0.00899. The fourth-order valence-electron chi connectivity index (χ4n) is 3.00. The van der Waals surface area contributed by atoms with Gasteiger partial charge in [0, 0.05) is 17.5 Å². The van der Waals surface area contributed by atoms with E-state index in [0.717, 1.165) is 49.2 Å². The summed E-state index contributed by atoms with van der Waals surface area (Å²) >= 11 is 1.89. The Balaban J connectivity index is 1.65. The van der Waals surface area contributed by atoms with E-state index in [1.165, 1.54) is 12.8 Å². The molecule has 1 N–H and O–H groups in total. The lowest BCUT2D eigenvalue weighted by Crippen LogP contribution is -2.32. The normalized spacial score (nSPS) is 30.8. The fourth-order valence-corrected chi connectivity index (χ4v) is 3.84. The number of hydrogen-bond acceptors (Lipinski definition) is 6. The van der Waals surface area contributed by atoms with Crippen LogP contribution in [0.15, 0.2) is 4.52 Å². The molecule has 2 aliphatic rings. The summed E-state index contributed by atoms with van der Waals surface area (Å²) in [6.45, 7) is 4.04. The second kappa shape index (κ2) is 6.91. The Hall–Kier alpha value is -0.590. The van der Waals surface area contributed by atoms with Gasteiger partial charge in [-0.2, -0.15) is 16.7 Å². The molecule has 1 aliphatic carbocycles. The second-order valence-electron chi connectivity index (χ2n) is 5.52. The Labute approximate surface area is 124 Å². The van der Waals surface area contributed by atoms with Gasteiger partial charge in [0.1, 0.15) is 6.10 Å². The molecule has 0 spiro atoms. The number of aromatic nitrogens is 2. The molecule has 6 heteroatoms. The molecule has 0 bridgehead atoms. The van der Waals surface area contributed by atoms with Crippen molar-refractivity contribution in [2.75, 3.05) is 24.7 Å². The molecule has 1 aliphatic heterocycles. The Morgan fingerprint density at radius 2 is 2.35 bits per heavy atom. The van der Waals surface area contributed by atoms with E-state index in [-0.39, 0.29) is 6.10 Å². The maximum Gasteiger partial charge on any atom is 0.231 e. The molecule has 3 atom stereocenters. The molecule has 1 saturated carbocycles. The van der Waals surface area contributed by atoms with E-state index in [0.29, 0.717) is 12.0 Å². The molecule has 0 radical (unpaired) electrons. The molecule has 0 aromatic carbocycles. The molecule has 1 aromatic rings. The third kappa shape index (κ3) is 3.18. The maximum absolute atomic E-state index is 5.71. The topological polar surface area (TPSA) is 60.2 Å². The summed E-state index contributed by atoms with van der Waals surface area (Å²) in [5.74, 6) is 3.89. The molecule has 1 aromatic heterocycles. The number of hydrogen-bond donors (Lipinski definition) is 1. The molecular weight excluding hydrogens is 274 g/mol. The standard InChI is InChI=1S/C14H23N3O2S/c1-2-6-15-11-5-3-4-10(11)14-16-13(17-19-14)12-9-20-8-7-18-12/h10-12,15H,2-9H2,1H3. The van der Waals surface area contributed by atoms with Gasteiger partial charge in [-0.15, -0.1) is 0 Å². The Bertz CT molecular complexity index is 420. The Kier molecular flexibility index (Phi) is 4.96. The van der Waals surface area contributed by atoms with Gasteiger partial charge in [-0.3, -0.25) is 0 Å². The van der Waals surface area contributed by atoms with E-state index in [4.69, 9.17) is 9.26 Å². The van der Waals surface area contributed by atoms with E-state index in [1.807, 2.05) is 11.8 Å². The zero-order valence-corrected chi connectivity index (χ0v) is 12.8. The minimum absolute atomic E-state index is 0.00899. The first-order valence-corrected chi connectivity index (χ1v) is 8.80. The summed E-state index contributed by atoms with van der Waals surface area (Å²) in [4.78, 5) is 4.62. The van der Waals surface area contributed by atoms with Crippen LogP contribution in [0.2, 0.25) is 0 Å². The first-order valence-electron chi connectivity index (χ1n) is 7.64. The Morgan fingerprint density at radius 3 is 3.15 bits per heavy atom. The number of thioether (sulfide) groups is 1. The summed E-state index contributed by atoms with van der Waals surface area (Å²) in [6.07, 6.45) is 4.75. The van der Waals surface area contributed by atoms with Crippen molar-refractivity contribution in [2.45, 2.75) is 50.7 Å². The molecule has 3 rings (SSSR count). The number of nitrogens with one attached hydrogen (secondary N) is 1. The lowest BCUT2D eigenvalue weighted by Gasteiger charge is -2.19. The van der Waals surface area contributed by atoms with Gasteiger partial charge in [0.2, 0.25) is 11.7 Å². The lowest BCUT2D eigenvalue weighted by molar-refractivity contribution is 0.0677. The van der Waals surface area contributed by atoms with Crippen LogP contribution < -0.4 is 5.32 Å². The van der Waals surface area contributed by atoms with Gasteiger partial charge >= 0.3 is 0 Å². The third-order valence-corrected chi connectivity index (χ3v) is 5.04. The van der Waals surface area contributed by atoms with Crippen LogP contribution in [0.4, 0.5) is 0 Å². The van der Waals surface area contributed by atoms with Crippen LogP contribution in [0, 0.1) is 0 Å². The van der Waals surface area contributed by atoms with E-state index in [2.05, 4.69) is 22.4 Å². The molecular formula is C14H23N3O2S. The largest absolute Gasteiger partial charge is 0.368 e. The molecule has 1 saturated heterocycles. The average molecular weight is 297 g/mol.